The van der Waals surface area contributed by atoms with Crippen molar-refractivity contribution >= 4 is 6.03 Å². The average Bonchev–Trinajstić information content (AvgIpc) is 2.32. The fourth-order valence-electron chi connectivity index (χ4n) is 0.576. The Labute approximate surface area is 62.1 Å². The third-order valence-corrected chi connectivity index (χ3v) is 1.21. The topological polar surface area (TPSA) is 88.6 Å². The summed E-state index contributed by atoms with van der Waals surface area (Å²) < 4.78 is 1.22. The highest BCUT2D eigenvalue weighted by Crippen LogP contribution is 1.72. The first kappa shape index (κ1) is 7.45. The molecular weight excluding hydrogens is 148 g/mol. The van der Waals surface area contributed by atoms with Crippen molar-refractivity contribution in [3.63, 3.8) is 0 Å². The van der Waals surface area contributed by atoms with Crippen molar-refractivity contribution in [1.82, 2.24) is 25.1 Å². The number of carbonyl (C=O) groups is 1. The van der Waals surface area contributed by atoms with Crippen molar-refractivity contribution in [2.75, 3.05) is 7.05 Å². The first-order valence-electron chi connectivity index (χ1n) is 2.92. The predicted octanol–water partition coefficient (Wildman–Crippen LogP) is -1.72. The van der Waals surface area contributed by atoms with E-state index in [1.54, 1.807) is 0 Å². The number of carbonyl (C=O) groups excluding carboxylic acids is 1. The predicted molar refractivity (Wildman–Crippen MR) is 34.7 cm³/mol. The molecule has 1 amide bonds. The molecule has 0 atom stereocenters. The highest BCUT2D eigenvalue weighted by atomic mass is 16.2. The molecule has 0 aromatic carbocycles. The Morgan fingerprint density at radius 1 is 1.73 bits per heavy atom. The zero-order valence-electron chi connectivity index (χ0n) is 6.20. The summed E-state index contributed by atoms with van der Waals surface area (Å²) in [5, 5.41) is 16.2. The summed E-state index contributed by atoms with van der Waals surface area (Å²) >= 11 is 0. The molecule has 0 radical (unpaired) electrons. The molecule has 0 aliphatic carbocycles. The molecule has 0 aliphatic heterocycles. The lowest BCUT2D eigenvalue weighted by atomic mass is 11.0. The van der Waals surface area contributed by atoms with Crippen LogP contribution in [-0.4, -0.2) is 32.9 Å². The number of amides is 1. The van der Waals surface area contributed by atoms with E-state index in [1.165, 1.54) is 18.8 Å². The van der Waals surface area contributed by atoms with E-state index in [2.05, 4.69) is 15.6 Å². The van der Waals surface area contributed by atoms with E-state index in [9.17, 15) is 4.79 Å². The van der Waals surface area contributed by atoms with Crippen molar-refractivity contribution in [3.05, 3.63) is 5.62 Å². The van der Waals surface area contributed by atoms with E-state index < -0.39 is 6.03 Å². The lowest BCUT2D eigenvalue weighted by Crippen LogP contribution is -2.32. The Balaban J connectivity index is 3.15. The molecule has 0 saturated heterocycles. The van der Waals surface area contributed by atoms with E-state index in [0.717, 1.165) is 4.80 Å². The van der Waals surface area contributed by atoms with Crippen LogP contribution in [0.2, 0.25) is 0 Å². The summed E-state index contributed by atoms with van der Waals surface area (Å²) in [4.78, 5) is 11.9. The van der Waals surface area contributed by atoms with Crippen LogP contribution in [0.3, 0.4) is 0 Å². The molecule has 2 N–H and O–H groups in total. The Morgan fingerprint density at radius 3 is 2.73 bits per heavy atom. The van der Waals surface area contributed by atoms with E-state index in [4.69, 9.17) is 5.41 Å². The van der Waals surface area contributed by atoms with Crippen molar-refractivity contribution in [2.45, 2.75) is 0 Å². The number of rotatable bonds is 0. The largest absolute Gasteiger partial charge is 0.359 e. The molecule has 0 fully saturated rings. The maximum atomic E-state index is 10.9. The number of nitrogens with one attached hydrogen (secondary N) is 2. The molecule has 1 heterocycles. The van der Waals surface area contributed by atoms with Gasteiger partial charge in [0, 0.05) is 14.1 Å². The second-order valence-corrected chi connectivity index (χ2v) is 1.88. The smallest absolute Gasteiger partial charge is 0.338 e. The highest BCUT2D eigenvalue weighted by Gasteiger charge is 2.05. The first-order valence-corrected chi connectivity index (χ1v) is 2.92. The van der Waals surface area contributed by atoms with Crippen LogP contribution in [0.15, 0.2) is 0 Å². The molecule has 0 aliphatic rings. The van der Waals surface area contributed by atoms with Gasteiger partial charge in [-0.1, -0.05) is 9.90 Å². The Hall–Kier alpha value is -1.66. The number of tetrazole rings is 1. The van der Waals surface area contributed by atoms with Crippen LogP contribution < -0.4 is 10.9 Å². The lowest BCUT2D eigenvalue weighted by Gasteiger charge is -1.99. The second-order valence-electron chi connectivity index (χ2n) is 1.88. The summed E-state index contributed by atoms with van der Waals surface area (Å²) in [6, 6.07) is -0.418. The Kier molecular flexibility index (Phi) is 1.71. The van der Waals surface area contributed by atoms with Gasteiger partial charge in [0.15, 0.2) is 0 Å². The van der Waals surface area contributed by atoms with Crippen molar-refractivity contribution in [1.29, 1.82) is 5.41 Å². The number of aromatic nitrogens is 4. The fourth-order valence-corrected chi connectivity index (χ4v) is 0.576. The monoisotopic (exact) mass is 156 g/mol. The van der Waals surface area contributed by atoms with Gasteiger partial charge in [0.2, 0.25) is 0 Å². The molecule has 0 spiro atoms. The van der Waals surface area contributed by atoms with Crippen molar-refractivity contribution in [3.8, 4) is 0 Å². The minimum absolute atomic E-state index is 0.0615. The average molecular weight is 156 g/mol. The standard InChI is InChI=1S/C4H8N6O/c1-6-4(11)10-8-7-3(5)9(10)2/h5H,1-2H3,(H,6,11). The molecule has 60 valence electrons. The highest BCUT2D eigenvalue weighted by molar-refractivity contribution is 5.74. The molecule has 0 bridgehead atoms. The molecule has 1 rings (SSSR count). The number of nitrogens with zero attached hydrogens (tertiary/aromatic N) is 4. The van der Waals surface area contributed by atoms with Crippen molar-refractivity contribution < 1.29 is 4.79 Å². The second kappa shape index (κ2) is 2.52. The zero-order valence-corrected chi connectivity index (χ0v) is 6.20. The van der Waals surface area contributed by atoms with Crippen LogP contribution in [0.1, 0.15) is 0 Å². The van der Waals surface area contributed by atoms with Gasteiger partial charge in [-0.25, -0.2) is 9.48 Å². The van der Waals surface area contributed by atoms with Crippen LogP contribution in [0.5, 0.6) is 0 Å². The lowest BCUT2D eigenvalue weighted by molar-refractivity contribution is 0.233. The van der Waals surface area contributed by atoms with Gasteiger partial charge in [-0.15, -0.1) is 0 Å². The summed E-state index contributed by atoms with van der Waals surface area (Å²) in [7, 11) is 3.01. The van der Waals surface area contributed by atoms with Crippen LogP contribution >= 0.6 is 0 Å². The van der Waals surface area contributed by atoms with Gasteiger partial charge in [0.05, 0.1) is 0 Å². The summed E-state index contributed by atoms with van der Waals surface area (Å²) in [6.45, 7) is 0. The van der Waals surface area contributed by atoms with Gasteiger partial charge in [-0.3, -0.25) is 5.41 Å². The molecule has 7 nitrogen and oxygen atoms in total. The minimum Gasteiger partial charge on any atom is -0.338 e. The van der Waals surface area contributed by atoms with E-state index in [1.807, 2.05) is 0 Å². The number of hydrogen-bond acceptors (Lipinski definition) is 4. The molecule has 1 aromatic heterocycles. The molecule has 0 unspecified atom stereocenters. The summed E-state index contributed by atoms with van der Waals surface area (Å²) in [6.07, 6.45) is 0. The van der Waals surface area contributed by atoms with Crippen LogP contribution in [0.4, 0.5) is 4.79 Å². The summed E-state index contributed by atoms with van der Waals surface area (Å²) in [5.74, 6) is 0. The van der Waals surface area contributed by atoms with Gasteiger partial charge in [0.25, 0.3) is 5.62 Å². The molecule has 7 heteroatoms. The minimum atomic E-state index is -0.418. The fraction of sp³-hybridized carbons (Fsp3) is 0.500. The Bertz CT molecular complexity index is 322. The van der Waals surface area contributed by atoms with Gasteiger partial charge in [-0.2, -0.15) is 0 Å². The van der Waals surface area contributed by atoms with Gasteiger partial charge in [-0.05, 0) is 5.21 Å². The Morgan fingerprint density at radius 2 is 2.36 bits per heavy atom. The van der Waals surface area contributed by atoms with E-state index >= 15 is 0 Å². The van der Waals surface area contributed by atoms with Crippen LogP contribution in [0.25, 0.3) is 0 Å². The normalized spacial score (nSPS) is 9.64. The maximum absolute atomic E-state index is 10.9. The van der Waals surface area contributed by atoms with Crippen LogP contribution in [-0.2, 0) is 7.05 Å². The third kappa shape index (κ3) is 1.11. The van der Waals surface area contributed by atoms with E-state index in [0.29, 0.717) is 0 Å². The molecule has 1 aromatic rings. The van der Waals surface area contributed by atoms with Gasteiger partial charge >= 0.3 is 6.03 Å². The summed E-state index contributed by atoms with van der Waals surface area (Å²) in [5.41, 5.74) is -0.0615. The van der Waals surface area contributed by atoms with Crippen LogP contribution in [0, 0.1) is 5.41 Å². The third-order valence-electron chi connectivity index (χ3n) is 1.21. The van der Waals surface area contributed by atoms with Gasteiger partial charge in [0.1, 0.15) is 0 Å². The SMILES string of the molecule is CNC(=O)n1nnc(=N)n1C. The van der Waals surface area contributed by atoms with Crippen molar-refractivity contribution in [2.24, 2.45) is 7.05 Å². The molecule has 0 saturated carbocycles. The number of hydrogen-bond donors (Lipinski definition) is 2. The molecular formula is C4H8N6O. The maximum Gasteiger partial charge on any atom is 0.359 e. The van der Waals surface area contributed by atoms with Gasteiger partial charge < -0.3 is 5.32 Å². The zero-order chi connectivity index (χ0) is 8.43. The molecule has 11 heavy (non-hydrogen) atoms. The quantitative estimate of drug-likeness (QED) is 0.468. The first-order chi connectivity index (χ1) is 5.16. The van der Waals surface area contributed by atoms with E-state index in [-0.39, 0.29) is 5.62 Å².